The minimum absolute atomic E-state index is 0.125. The molecule has 29 heavy (non-hydrogen) atoms. The van der Waals surface area contributed by atoms with Crippen molar-refractivity contribution >= 4 is 44.4 Å². The van der Waals surface area contributed by atoms with Crippen LogP contribution in [0.1, 0.15) is 19.8 Å². The predicted octanol–water partition coefficient (Wildman–Crippen LogP) is 1.52. The average Bonchev–Trinajstić information content (AvgIpc) is 2.90. The molecule has 2 N–H and O–H groups in total. The summed E-state index contributed by atoms with van der Waals surface area (Å²) in [5.41, 5.74) is 0.384. The lowest BCUT2D eigenvalue weighted by atomic mass is 10.1. The van der Waals surface area contributed by atoms with E-state index in [0.717, 1.165) is 22.5 Å². The summed E-state index contributed by atoms with van der Waals surface area (Å²) in [5, 5.41) is 5.82. The molecule has 154 valence electrons. The highest BCUT2D eigenvalue weighted by atomic mass is 32.2. The van der Waals surface area contributed by atoms with E-state index in [9.17, 15) is 22.8 Å². The number of benzene rings is 2. The number of sulfonamides is 1. The van der Waals surface area contributed by atoms with E-state index in [0.29, 0.717) is 17.6 Å². The summed E-state index contributed by atoms with van der Waals surface area (Å²) in [6.45, 7) is 1.12. The Balaban J connectivity index is 1.60. The van der Waals surface area contributed by atoms with Crippen LogP contribution in [-0.2, 0) is 24.3 Å². The van der Waals surface area contributed by atoms with Crippen molar-refractivity contribution in [2.75, 3.05) is 24.0 Å². The number of carbonyl (C=O) groups is 3. The highest BCUT2D eigenvalue weighted by Crippen LogP contribution is 2.41. The summed E-state index contributed by atoms with van der Waals surface area (Å²) >= 11 is 0. The quantitative estimate of drug-likeness (QED) is 0.518. The maximum absolute atomic E-state index is 12.8. The van der Waals surface area contributed by atoms with Crippen molar-refractivity contribution in [1.82, 2.24) is 10.6 Å². The molecule has 1 aliphatic heterocycles. The standard InChI is InChI=1S/C19H21N3O6S/c1-2-3-10-20-19(25)21-16(23)12-28-17(24)11-22-14-8-4-6-13-7-5-9-15(18(13)14)29(22,26)27/h4-9H,2-3,10-12H2,1H3,(H2,20,21,23,25). The molecule has 2 aromatic carbocycles. The summed E-state index contributed by atoms with van der Waals surface area (Å²) in [7, 11) is -3.90. The molecule has 9 nitrogen and oxygen atoms in total. The first kappa shape index (κ1) is 20.6. The smallest absolute Gasteiger partial charge is 0.327 e. The highest BCUT2D eigenvalue weighted by molar-refractivity contribution is 7.93. The van der Waals surface area contributed by atoms with Gasteiger partial charge in [0.05, 0.1) is 10.6 Å². The number of unbranched alkanes of at least 4 members (excludes halogenated alkanes) is 1. The molecule has 1 heterocycles. The molecule has 1 aliphatic rings. The van der Waals surface area contributed by atoms with Gasteiger partial charge in [-0.1, -0.05) is 37.6 Å². The number of nitrogens with zero attached hydrogens (tertiary/aromatic N) is 1. The molecule has 3 rings (SSSR count). The van der Waals surface area contributed by atoms with Gasteiger partial charge in [0.1, 0.15) is 6.54 Å². The number of hydrogen-bond acceptors (Lipinski definition) is 6. The maximum atomic E-state index is 12.8. The molecule has 0 atom stereocenters. The Morgan fingerprint density at radius 3 is 2.55 bits per heavy atom. The molecule has 0 radical (unpaired) electrons. The van der Waals surface area contributed by atoms with Crippen LogP contribution >= 0.6 is 0 Å². The van der Waals surface area contributed by atoms with Crippen LogP contribution in [-0.4, -0.2) is 46.0 Å². The van der Waals surface area contributed by atoms with Gasteiger partial charge >= 0.3 is 12.0 Å². The van der Waals surface area contributed by atoms with Gasteiger partial charge in [-0.2, -0.15) is 0 Å². The molecule has 0 aromatic heterocycles. The number of nitrogens with one attached hydrogen (secondary N) is 2. The first-order valence-electron chi connectivity index (χ1n) is 9.12. The largest absolute Gasteiger partial charge is 0.454 e. The Hall–Kier alpha value is -3.14. The molecule has 0 saturated carbocycles. The van der Waals surface area contributed by atoms with Crippen molar-refractivity contribution < 1.29 is 27.5 Å². The van der Waals surface area contributed by atoms with E-state index in [1.54, 1.807) is 30.3 Å². The second kappa shape index (κ2) is 8.48. The lowest BCUT2D eigenvalue weighted by molar-refractivity contribution is -0.146. The Kier molecular flexibility index (Phi) is 6.02. The van der Waals surface area contributed by atoms with Crippen molar-refractivity contribution in [2.45, 2.75) is 24.7 Å². The van der Waals surface area contributed by atoms with E-state index < -0.39 is 41.1 Å². The van der Waals surface area contributed by atoms with Crippen LogP contribution in [0.4, 0.5) is 10.5 Å². The number of amides is 3. The molecular formula is C19H21N3O6S. The van der Waals surface area contributed by atoms with Gasteiger partial charge in [-0.25, -0.2) is 13.2 Å². The van der Waals surface area contributed by atoms with Gasteiger partial charge in [0.2, 0.25) is 0 Å². The normalized spacial score (nSPS) is 13.9. The first-order valence-corrected chi connectivity index (χ1v) is 10.6. The summed E-state index contributed by atoms with van der Waals surface area (Å²) in [6, 6.07) is 9.32. The molecule has 2 aromatic rings. The van der Waals surface area contributed by atoms with Gasteiger partial charge in [0, 0.05) is 11.9 Å². The molecule has 3 amide bonds. The topological polar surface area (TPSA) is 122 Å². The number of esters is 1. The van der Waals surface area contributed by atoms with Crippen molar-refractivity contribution in [3.63, 3.8) is 0 Å². The van der Waals surface area contributed by atoms with Crippen molar-refractivity contribution in [3.05, 3.63) is 36.4 Å². The monoisotopic (exact) mass is 419 g/mol. The van der Waals surface area contributed by atoms with Crippen molar-refractivity contribution in [1.29, 1.82) is 0 Å². The third-order valence-electron chi connectivity index (χ3n) is 4.39. The number of hydrogen-bond donors (Lipinski definition) is 2. The van der Waals surface area contributed by atoms with Gasteiger partial charge in [0.25, 0.3) is 15.9 Å². The van der Waals surface area contributed by atoms with Crippen LogP contribution in [0.5, 0.6) is 0 Å². The SMILES string of the molecule is CCCCNC(=O)NC(=O)COC(=O)CN1c2cccc3cccc(c23)S1(=O)=O. The second-order valence-corrected chi connectivity index (χ2v) is 8.29. The van der Waals surface area contributed by atoms with E-state index in [2.05, 4.69) is 5.32 Å². The minimum atomic E-state index is -3.90. The van der Waals surface area contributed by atoms with E-state index in [1.165, 1.54) is 6.07 Å². The zero-order chi connectivity index (χ0) is 21.0. The third kappa shape index (κ3) is 4.32. The lowest BCUT2D eigenvalue weighted by Crippen LogP contribution is -2.42. The van der Waals surface area contributed by atoms with E-state index in [4.69, 9.17) is 4.74 Å². The van der Waals surface area contributed by atoms with Gasteiger partial charge in [-0.3, -0.25) is 19.2 Å². The molecule has 0 unspecified atom stereocenters. The van der Waals surface area contributed by atoms with Crippen LogP contribution in [0.2, 0.25) is 0 Å². The maximum Gasteiger partial charge on any atom is 0.327 e. The van der Waals surface area contributed by atoms with Crippen LogP contribution in [0.3, 0.4) is 0 Å². The fraction of sp³-hybridized carbons (Fsp3) is 0.316. The number of carbonyl (C=O) groups excluding carboxylic acids is 3. The van der Waals surface area contributed by atoms with Crippen LogP contribution < -0.4 is 14.9 Å². The van der Waals surface area contributed by atoms with Crippen LogP contribution in [0, 0.1) is 0 Å². The molecule has 0 aliphatic carbocycles. The Morgan fingerprint density at radius 2 is 1.83 bits per heavy atom. The van der Waals surface area contributed by atoms with E-state index in [-0.39, 0.29) is 4.90 Å². The number of anilines is 1. The van der Waals surface area contributed by atoms with Crippen LogP contribution in [0.15, 0.2) is 41.3 Å². The van der Waals surface area contributed by atoms with Crippen LogP contribution in [0.25, 0.3) is 10.8 Å². The van der Waals surface area contributed by atoms with Gasteiger partial charge < -0.3 is 10.1 Å². The number of urea groups is 1. The van der Waals surface area contributed by atoms with Gasteiger partial charge in [-0.15, -0.1) is 0 Å². The Bertz CT molecular complexity index is 1060. The van der Waals surface area contributed by atoms with Gasteiger partial charge in [-0.05, 0) is 23.9 Å². The first-order chi connectivity index (χ1) is 13.8. The predicted molar refractivity (Wildman–Crippen MR) is 106 cm³/mol. The summed E-state index contributed by atoms with van der Waals surface area (Å²) < 4.78 is 31.4. The number of imide groups is 1. The van der Waals surface area contributed by atoms with E-state index in [1.807, 2.05) is 12.2 Å². The molecule has 0 bridgehead atoms. The average molecular weight is 419 g/mol. The minimum Gasteiger partial charge on any atom is -0.454 e. The Labute approximate surface area is 168 Å². The summed E-state index contributed by atoms with van der Waals surface area (Å²) in [5.74, 6) is -1.71. The highest BCUT2D eigenvalue weighted by Gasteiger charge is 2.37. The Morgan fingerprint density at radius 1 is 1.10 bits per heavy atom. The number of rotatable bonds is 7. The zero-order valence-corrected chi connectivity index (χ0v) is 16.6. The fourth-order valence-corrected chi connectivity index (χ4v) is 4.68. The molecule has 0 saturated heterocycles. The zero-order valence-electron chi connectivity index (χ0n) is 15.8. The molecule has 10 heteroatoms. The third-order valence-corrected chi connectivity index (χ3v) is 6.19. The number of ether oxygens (including phenoxy) is 1. The summed E-state index contributed by atoms with van der Waals surface area (Å²) in [6.07, 6.45) is 1.67. The van der Waals surface area contributed by atoms with Gasteiger partial charge in [0.15, 0.2) is 6.61 Å². The van der Waals surface area contributed by atoms with E-state index >= 15 is 0 Å². The second-order valence-electron chi connectivity index (χ2n) is 6.46. The van der Waals surface area contributed by atoms with Crippen molar-refractivity contribution in [3.8, 4) is 0 Å². The fourth-order valence-electron chi connectivity index (χ4n) is 3.02. The molecule has 0 fully saturated rings. The molecular weight excluding hydrogens is 398 g/mol. The lowest BCUT2D eigenvalue weighted by Gasteiger charge is -2.17. The molecule has 0 spiro atoms. The summed E-state index contributed by atoms with van der Waals surface area (Å²) in [4.78, 5) is 35.5. The van der Waals surface area contributed by atoms with Crippen molar-refractivity contribution in [2.24, 2.45) is 0 Å².